The minimum absolute atomic E-state index is 0.0574. The second-order valence-electron chi connectivity index (χ2n) is 7.95. The van der Waals surface area contributed by atoms with E-state index in [4.69, 9.17) is 9.47 Å². The zero-order valence-electron chi connectivity index (χ0n) is 17.7. The molecule has 0 spiro atoms. The van der Waals surface area contributed by atoms with Crippen LogP contribution < -0.4 is 14.8 Å². The lowest BCUT2D eigenvalue weighted by Crippen LogP contribution is -2.40. The van der Waals surface area contributed by atoms with Gasteiger partial charge in [0.15, 0.2) is 11.5 Å². The van der Waals surface area contributed by atoms with Gasteiger partial charge in [-0.2, -0.15) is 10.1 Å². The monoisotopic (exact) mass is 416 g/mol. The zero-order chi connectivity index (χ0) is 21.5. The molecule has 5 rings (SSSR count). The summed E-state index contributed by atoms with van der Waals surface area (Å²) in [5.74, 6) is 1.77. The van der Waals surface area contributed by atoms with Crippen LogP contribution in [0.5, 0.6) is 11.5 Å². The van der Waals surface area contributed by atoms with Crippen LogP contribution >= 0.6 is 0 Å². The number of nitrogens with zero attached hydrogens (tertiary/aromatic N) is 3. The molecule has 0 bridgehead atoms. The first-order chi connectivity index (χ1) is 15.1. The first-order valence-electron chi connectivity index (χ1n) is 10.3. The van der Waals surface area contributed by atoms with E-state index in [1.165, 1.54) is 6.33 Å². The first kappa shape index (κ1) is 19.4. The third-order valence-electron chi connectivity index (χ3n) is 6.24. The Morgan fingerprint density at radius 3 is 2.68 bits per heavy atom. The average Bonchev–Trinajstić information content (AvgIpc) is 3.26. The number of allylic oxidation sites excluding steroid dienone is 2. The molecule has 2 heterocycles. The van der Waals surface area contributed by atoms with E-state index < -0.39 is 0 Å². The fraction of sp³-hybridized carbons (Fsp3) is 0.292. The Kier molecular flexibility index (Phi) is 4.73. The van der Waals surface area contributed by atoms with Crippen molar-refractivity contribution < 1.29 is 14.3 Å². The summed E-state index contributed by atoms with van der Waals surface area (Å²) in [5.41, 5.74) is 4.11. The number of rotatable bonds is 4. The standard InChI is InChI=1S/C24H24N4O3/c1-14-6-4-5-7-17(14)23-22-18(27-24-25-13-26-28(23)24)10-16(11-19(22)29)15-8-9-20(30-2)21(12-15)31-3/h4-10,12-13,16,22-23H,11H2,1-3H3,(H,25,26,27)/t16-,22-,23-/m1/s1. The van der Waals surface area contributed by atoms with Crippen molar-refractivity contribution >= 4 is 11.7 Å². The zero-order valence-corrected chi connectivity index (χ0v) is 17.7. The van der Waals surface area contributed by atoms with Gasteiger partial charge >= 0.3 is 0 Å². The molecule has 0 amide bonds. The lowest BCUT2D eigenvalue weighted by atomic mass is 9.75. The van der Waals surface area contributed by atoms with Gasteiger partial charge in [0.25, 0.3) is 0 Å². The maximum absolute atomic E-state index is 13.5. The molecule has 0 saturated heterocycles. The van der Waals surface area contributed by atoms with Crippen LogP contribution in [-0.4, -0.2) is 34.8 Å². The van der Waals surface area contributed by atoms with Crippen molar-refractivity contribution in [2.45, 2.75) is 25.3 Å². The molecule has 0 unspecified atom stereocenters. The van der Waals surface area contributed by atoms with Crippen molar-refractivity contribution in [1.29, 1.82) is 0 Å². The number of aryl methyl sites for hydroxylation is 1. The highest BCUT2D eigenvalue weighted by Gasteiger charge is 2.43. The van der Waals surface area contributed by atoms with Crippen molar-refractivity contribution in [2.24, 2.45) is 5.92 Å². The number of nitrogens with one attached hydrogen (secondary N) is 1. The van der Waals surface area contributed by atoms with Gasteiger partial charge < -0.3 is 14.8 Å². The molecule has 7 nitrogen and oxygen atoms in total. The van der Waals surface area contributed by atoms with E-state index in [2.05, 4.69) is 40.5 Å². The number of ketones is 1. The van der Waals surface area contributed by atoms with Crippen LogP contribution in [0.2, 0.25) is 0 Å². The Morgan fingerprint density at radius 2 is 1.90 bits per heavy atom. The quantitative estimate of drug-likeness (QED) is 0.696. The molecular weight excluding hydrogens is 392 g/mol. The molecule has 2 aliphatic rings. The summed E-state index contributed by atoms with van der Waals surface area (Å²) in [5, 5.41) is 7.79. The molecule has 1 aliphatic heterocycles. The van der Waals surface area contributed by atoms with Crippen LogP contribution in [-0.2, 0) is 4.79 Å². The third kappa shape index (κ3) is 3.17. The summed E-state index contributed by atoms with van der Waals surface area (Å²) in [7, 11) is 3.23. The minimum atomic E-state index is -0.327. The van der Waals surface area contributed by atoms with Gasteiger partial charge in [0.1, 0.15) is 12.1 Å². The SMILES string of the molecule is COc1ccc([C@@H]2C=C3Nc4ncnn4[C@H](c4ccccc4C)[C@H]3C(=O)C2)cc1OC. The summed E-state index contributed by atoms with van der Waals surface area (Å²) in [6.45, 7) is 2.07. The van der Waals surface area contributed by atoms with E-state index in [0.29, 0.717) is 23.9 Å². The molecule has 2 aromatic carbocycles. The van der Waals surface area contributed by atoms with Gasteiger partial charge in [-0.3, -0.25) is 4.79 Å². The Labute approximate surface area is 180 Å². The van der Waals surface area contributed by atoms with Crippen LogP contribution in [0.1, 0.15) is 35.1 Å². The third-order valence-corrected chi connectivity index (χ3v) is 6.24. The molecule has 1 aliphatic carbocycles. The fourth-order valence-corrected chi connectivity index (χ4v) is 4.70. The number of aromatic nitrogens is 3. The number of ether oxygens (including phenoxy) is 2. The van der Waals surface area contributed by atoms with Gasteiger partial charge in [-0.1, -0.05) is 36.4 Å². The van der Waals surface area contributed by atoms with Gasteiger partial charge in [0, 0.05) is 18.0 Å². The molecule has 31 heavy (non-hydrogen) atoms. The maximum Gasteiger partial charge on any atom is 0.226 e. The van der Waals surface area contributed by atoms with E-state index >= 15 is 0 Å². The van der Waals surface area contributed by atoms with E-state index in [1.807, 2.05) is 35.0 Å². The number of carbonyl (C=O) groups is 1. The number of hydrogen-bond donors (Lipinski definition) is 1. The largest absolute Gasteiger partial charge is 0.493 e. The highest BCUT2D eigenvalue weighted by molar-refractivity contribution is 5.88. The van der Waals surface area contributed by atoms with Crippen molar-refractivity contribution in [3.8, 4) is 11.5 Å². The summed E-state index contributed by atoms with van der Waals surface area (Å²) in [4.78, 5) is 17.9. The number of fused-ring (bicyclic) bond motifs is 2. The summed E-state index contributed by atoms with van der Waals surface area (Å²) in [6, 6.07) is 13.7. The van der Waals surface area contributed by atoms with Crippen molar-refractivity contribution in [2.75, 3.05) is 19.5 Å². The summed E-state index contributed by atoms with van der Waals surface area (Å²) >= 11 is 0. The van der Waals surface area contributed by atoms with Gasteiger partial charge in [-0.15, -0.1) is 0 Å². The number of methoxy groups -OCH3 is 2. The van der Waals surface area contributed by atoms with Gasteiger partial charge in [-0.25, -0.2) is 4.68 Å². The average molecular weight is 416 g/mol. The number of anilines is 1. The van der Waals surface area contributed by atoms with Gasteiger partial charge in [0.05, 0.1) is 26.2 Å². The van der Waals surface area contributed by atoms with E-state index in [-0.39, 0.29) is 23.7 Å². The van der Waals surface area contributed by atoms with Crippen molar-refractivity contribution in [3.63, 3.8) is 0 Å². The predicted octanol–water partition coefficient (Wildman–Crippen LogP) is 3.88. The normalized spacial score (nSPS) is 22.1. The number of Topliss-reactive ketones (excluding diaryl/α,β-unsaturated/α-hetero) is 1. The van der Waals surface area contributed by atoms with Crippen molar-refractivity contribution in [1.82, 2.24) is 14.8 Å². The summed E-state index contributed by atoms with van der Waals surface area (Å²) in [6.07, 6.45) is 4.09. The number of hydrogen-bond acceptors (Lipinski definition) is 6. The topological polar surface area (TPSA) is 78.3 Å². The lowest BCUT2D eigenvalue weighted by molar-refractivity contribution is -0.123. The van der Waals surface area contributed by atoms with Crippen LogP contribution in [0.4, 0.5) is 5.95 Å². The lowest BCUT2D eigenvalue weighted by Gasteiger charge is -2.38. The molecule has 7 heteroatoms. The molecular formula is C24H24N4O3. The van der Waals surface area contributed by atoms with Gasteiger partial charge in [0.2, 0.25) is 5.95 Å². The Morgan fingerprint density at radius 1 is 1.10 bits per heavy atom. The highest BCUT2D eigenvalue weighted by atomic mass is 16.5. The highest BCUT2D eigenvalue weighted by Crippen LogP contribution is 2.45. The first-order valence-corrected chi connectivity index (χ1v) is 10.3. The molecule has 158 valence electrons. The molecule has 1 aromatic heterocycles. The minimum Gasteiger partial charge on any atom is -0.493 e. The number of benzene rings is 2. The maximum atomic E-state index is 13.5. The Balaban J connectivity index is 1.59. The molecule has 3 atom stereocenters. The molecule has 0 fully saturated rings. The van der Waals surface area contributed by atoms with Crippen LogP contribution in [0.3, 0.4) is 0 Å². The van der Waals surface area contributed by atoms with E-state index in [9.17, 15) is 4.79 Å². The molecule has 1 N–H and O–H groups in total. The van der Waals surface area contributed by atoms with Crippen LogP contribution in [0, 0.1) is 12.8 Å². The van der Waals surface area contributed by atoms with E-state index in [1.54, 1.807) is 14.2 Å². The Hall–Kier alpha value is -3.61. The molecule has 0 saturated carbocycles. The summed E-state index contributed by atoms with van der Waals surface area (Å²) < 4.78 is 12.6. The van der Waals surface area contributed by atoms with Crippen LogP contribution in [0.15, 0.2) is 60.6 Å². The second kappa shape index (κ2) is 7.58. The Bertz CT molecular complexity index is 1180. The van der Waals surface area contributed by atoms with E-state index in [0.717, 1.165) is 22.4 Å². The fourth-order valence-electron chi connectivity index (χ4n) is 4.70. The van der Waals surface area contributed by atoms with Crippen LogP contribution in [0.25, 0.3) is 0 Å². The molecule has 0 radical (unpaired) electrons. The second-order valence-corrected chi connectivity index (χ2v) is 7.95. The predicted molar refractivity (Wildman–Crippen MR) is 116 cm³/mol. The van der Waals surface area contributed by atoms with Crippen molar-refractivity contribution in [3.05, 3.63) is 77.3 Å². The van der Waals surface area contributed by atoms with Gasteiger partial charge in [-0.05, 0) is 35.7 Å². The molecule has 3 aromatic rings. The number of carbonyl (C=O) groups excluding carboxylic acids is 1. The smallest absolute Gasteiger partial charge is 0.226 e.